The molecule has 5 heteroatoms. The average molecular weight is 354 g/mol. The molecule has 3 aromatic rings. The molecule has 0 amide bonds. The van der Waals surface area contributed by atoms with Crippen LogP contribution in [0.4, 0.5) is 0 Å². The zero-order valence-corrected chi connectivity index (χ0v) is 14.9. The van der Waals surface area contributed by atoms with E-state index in [4.69, 9.17) is 4.74 Å². The first-order chi connectivity index (χ1) is 12.3. The topological polar surface area (TPSA) is 45.6 Å². The van der Waals surface area contributed by atoms with Crippen LogP contribution in [0.1, 0.15) is 24.8 Å². The number of likely N-dealkylation sites (tertiary alicyclic amines) is 1. The molecule has 1 saturated heterocycles. The van der Waals surface area contributed by atoms with E-state index in [2.05, 4.69) is 28.1 Å². The molecule has 1 N–H and O–H groups in total. The van der Waals surface area contributed by atoms with E-state index in [1.807, 2.05) is 30.3 Å². The van der Waals surface area contributed by atoms with Crippen LogP contribution in [0.2, 0.25) is 0 Å². The summed E-state index contributed by atoms with van der Waals surface area (Å²) >= 11 is 1.56. The Labute approximate surface area is 151 Å². The summed E-state index contributed by atoms with van der Waals surface area (Å²) in [5, 5.41) is 10.2. The maximum absolute atomic E-state index is 9.54. The van der Waals surface area contributed by atoms with Gasteiger partial charge < -0.3 is 9.84 Å². The Balaban J connectivity index is 1.42. The van der Waals surface area contributed by atoms with Crippen molar-refractivity contribution in [3.05, 3.63) is 54.1 Å². The molecule has 0 radical (unpaired) electrons. The van der Waals surface area contributed by atoms with Gasteiger partial charge in [0.25, 0.3) is 5.19 Å². The number of hydrogen-bond acceptors (Lipinski definition) is 5. The molecular weight excluding hydrogens is 332 g/mol. The van der Waals surface area contributed by atoms with E-state index < -0.39 is 0 Å². The molecule has 0 aliphatic carbocycles. The van der Waals surface area contributed by atoms with Gasteiger partial charge in [-0.1, -0.05) is 42.0 Å². The summed E-state index contributed by atoms with van der Waals surface area (Å²) in [5.74, 6) is 0.806. The Morgan fingerprint density at radius 2 is 1.96 bits per heavy atom. The first kappa shape index (κ1) is 16.5. The van der Waals surface area contributed by atoms with Crippen LogP contribution in [-0.4, -0.2) is 34.2 Å². The van der Waals surface area contributed by atoms with E-state index in [-0.39, 0.29) is 6.61 Å². The number of rotatable bonds is 5. The second-order valence-electron chi connectivity index (χ2n) is 6.50. The van der Waals surface area contributed by atoms with Crippen molar-refractivity contribution in [2.45, 2.75) is 31.8 Å². The Hall–Kier alpha value is -1.95. The maximum atomic E-state index is 9.54. The van der Waals surface area contributed by atoms with E-state index >= 15 is 0 Å². The summed E-state index contributed by atoms with van der Waals surface area (Å²) in [4.78, 5) is 6.89. The van der Waals surface area contributed by atoms with Gasteiger partial charge in [0.2, 0.25) is 0 Å². The quantitative estimate of drug-likeness (QED) is 0.736. The van der Waals surface area contributed by atoms with Crippen molar-refractivity contribution < 1.29 is 9.84 Å². The van der Waals surface area contributed by atoms with Gasteiger partial charge in [0.05, 0.1) is 16.8 Å². The third-order valence-electron chi connectivity index (χ3n) is 4.75. The Bertz CT molecular complexity index is 798. The minimum atomic E-state index is 0.249. The molecule has 1 aromatic heterocycles. The lowest BCUT2D eigenvalue weighted by Crippen LogP contribution is -2.41. The number of nitrogens with zero attached hydrogens (tertiary/aromatic N) is 2. The first-order valence-corrected chi connectivity index (χ1v) is 9.61. The SMILES string of the molecule is OCC1CCCCN1Cc1ccc(Oc2nc3ccccc3s2)cc1. The Morgan fingerprint density at radius 1 is 1.12 bits per heavy atom. The van der Waals surface area contributed by atoms with Crippen LogP contribution in [0, 0.1) is 0 Å². The highest BCUT2D eigenvalue weighted by Gasteiger charge is 2.21. The van der Waals surface area contributed by atoms with Gasteiger partial charge in [-0.05, 0) is 49.2 Å². The minimum Gasteiger partial charge on any atom is -0.431 e. The highest BCUT2D eigenvalue weighted by atomic mass is 32.1. The van der Waals surface area contributed by atoms with E-state index in [1.165, 1.54) is 18.4 Å². The summed E-state index contributed by atoms with van der Waals surface area (Å²) in [6, 6.07) is 16.6. The summed E-state index contributed by atoms with van der Waals surface area (Å²) in [6.07, 6.45) is 3.53. The molecule has 0 bridgehead atoms. The van der Waals surface area contributed by atoms with Gasteiger partial charge in [-0.25, -0.2) is 4.98 Å². The number of piperidine rings is 1. The molecule has 1 unspecified atom stereocenters. The van der Waals surface area contributed by atoms with Crippen LogP contribution < -0.4 is 4.74 Å². The summed E-state index contributed by atoms with van der Waals surface area (Å²) in [6.45, 7) is 2.20. The number of para-hydroxylation sites is 1. The third-order valence-corrected chi connectivity index (χ3v) is 5.66. The number of thiazole rings is 1. The van der Waals surface area contributed by atoms with E-state index in [9.17, 15) is 5.11 Å². The number of aliphatic hydroxyl groups is 1. The Kier molecular flexibility index (Phi) is 4.97. The molecule has 1 aliphatic rings. The van der Waals surface area contributed by atoms with Crippen LogP contribution in [0.5, 0.6) is 10.9 Å². The van der Waals surface area contributed by atoms with Gasteiger partial charge in [-0.2, -0.15) is 0 Å². The molecule has 0 spiro atoms. The van der Waals surface area contributed by atoms with Gasteiger partial charge in [0, 0.05) is 12.6 Å². The van der Waals surface area contributed by atoms with Crippen LogP contribution >= 0.6 is 11.3 Å². The van der Waals surface area contributed by atoms with Crippen LogP contribution in [-0.2, 0) is 6.54 Å². The van der Waals surface area contributed by atoms with Gasteiger partial charge in [-0.3, -0.25) is 4.90 Å². The predicted molar refractivity (Wildman–Crippen MR) is 101 cm³/mol. The molecule has 4 nitrogen and oxygen atoms in total. The monoisotopic (exact) mass is 354 g/mol. The smallest absolute Gasteiger partial charge is 0.279 e. The average Bonchev–Trinajstić information content (AvgIpc) is 3.06. The predicted octanol–water partition coefficient (Wildman–Crippen LogP) is 4.44. The van der Waals surface area contributed by atoms with Crippen LogP contribution in [0.25, 0.3) is 10.2 Å². The Morgan fingerprint density at radius 3 is 2.76 bits per heavy atom. The molecule has 4 rings (SSSR count). The van der Waals surface area contributed by atoms with Crippen LogP contribution in [0.3, 0.4) is 0 Å². The number of fused-ring (bicyclic) bond motifs is 1. The molecule has 1 fully saturated rings. The van der Waals surface area contributed by atoms with Crippen molar-refractivity contribution in [1.29, 1.82) is 0 Å². The third kappa shape index (κ3) is 3.84. The lowest BCUT2D eigenvalue weighted by molar-refractivity contribution is 0.0841. The number of hydrogen-bond donors (Lipinski definition) is 1. The first-order valence-electron chi connectivity index (χ1n) is 8.79. The number of ether oxygens (including phenoxy) is 1. The van der Waals surface area contributed by atoms with E-state index in [0.29, 0.717) is 11.2 Å². The fraction of sp³-hybridized carbons (Fsp3) is 0.350. The highest BCUT2D eigenvalue weighted by Crippen LogP contribution is 2.31. The summed E-state index contributed by atoms with van der Waals surface area (Å²) in [7, 11) is 0. The largest absolute Gasteiger partial charge is 0.431 e. The van der Waals surface area contributed by atoms with Crippen molar-refractivity contribution in [3.8, 4) is 10.9 Å². The molecule has 2 aromatic carbocycles. The molecular formula is C20H22N2O2S. The van der Waals surface area contributed by atoms with Crippen molar-refractivity contribution in [2.75, 3.05) is 13.2 Å². The molecule has 130 valence electrons. The molecule has 0 saturated carbocycles. The van der Waals surface area contributed by atoms with Gasteiger partial charge in [0.15, 0.2) is 0 Å². The lowest BCUT2D eigenvalue weighted by atomic mass is 10.0. The number of aliphatic hydroxyl groups excluding tert-OH is 1. The van der Waals surface area contributed by atoms with E-state index in [1.54, 1.807) is 11.3 Å². The standard InChI is InChI=1S/C20H22N2O2S/c23-14-16-5-3-4-12-22(16)13-15-8-10-17(11-9-15)24-20-21-18-6-1-2-7-19(18)25-20/h1-2,6-11,16,23H,3-5,12-14H2. The number of aromatic nitrogens is 1. The normalized spacial score (nSPS) is 18.5. The summed E-state index contributed by atoms with van der Waals surface area (Å²) < 4.78 is 7.04. The second kappa shape index (κ2) is 7.52. The van der Waals surface area contributed by atoms with E-state index in [0.717, 1.165) is 35.5 Å². The zero-order chi connectivity index (χ0) is 17.1. The van der Waals surface area contributed by atoms with Crippen LogP contribution in [0.15, 0.2) is 48.5 Å². The second-order valence-corrected chi connectivity index (χ2v) is 7.49. The van der Waals surface area contributed by atoms with Crippen molar-refractivity contribution in [1.82, 2.24) is 9.88 Å². The number of benzene rings is 2. The van der Waals surface area contributed by atoms with Crippen molar-refractivity contribution in [2.24, 2.45) is 0 Å². The molecule has 2 heterocycles. The van der Waals surface area contributed by atoms with Crippen molar-refractivity contribution in [3.63, 3.8) is 0 Å². The minimum absolute atomic E-state index is 0.249. The lowest BCUT2D eigenvalue weighted by Gasteiger charge is -2.34. The fourth-order valence-corrected chi connectivity index (χ4v) is 4.20. The zero-order valence-electron chi connectivity index (χ0n) is 14.1. The van der Waals surface area contributed by atoms with Gasteiger partial charge in [0.1, 0.15) is 5.75 Å². The molecule has 1 aliphatic heterocycles. The maximum Gasteiger partial charge on any atom is 0.279 e. The summed E-state index contributed by atoms with van der Waals surface area (Å²) in [5.41, 5.74) is 2.22. The fourth-order valence-electron chi connectivity index (χ4n) is 3.37. The molecule has 1 atom stereocenters. The highest BCUT2D eigenvalue weighted by molar-refractivity contribution is 7.20. The van der Waals surface area contributed by atoms with Crippen molar-refractivity contribution >= 4 is 21.6 Å². The van der Waals surface area contributed by atoms with Gasteiger partial charge in [-0.15, -0.1) is 0 Å². The van der Waals surface area contributed by atoms with Gasteiger partial charge >= 0.3 is 0 Å². The molecule has 25 heavy (non-hydrogen) atoms.